The van der Waals surface area contributed by atoms with Crippen molar-refractivity contribution in [1.82, 2.24) is 24.5 Å². The van der Waals surface area contributed by atoms with E-state index in [1.807, 2.05) is 0 Å². The van der Waals surface area contributed by atoms with Gasteiger partial charge in [0.15, 0.2) is 26.6 Å². The number of aromatic nitrogens is 4. The summed E-state index contributed by atoms with van der Waals surface area (Å²) in [5, 5.41) is 7.51. The Morgan fingerprint density at radius 1 is 1.20 bits per heavy atom. The first-order valence-electron chi connectivity index (χ1n) is 11.9. The third-order valence-electron chi connectivity index (χ3n) is 6.50. The summed E-state index contributed by atoms with van der Waals surface area (Å²) >= 11 is 12.7. The number of pyridine rings is 1. The monoisotopic (exact) mass is 636 g/mol. The number of hydroxylamine groups is 1. The topological polar surface area (TPSA) is 157 Å². The number of hydrogen-bond donors (Lipinski definition) is 2. The van der Waals surface area contributed by atoms with Crippen LogP contribution < -0.4 is 21.0 Å². The molecule has 1 amide bonds. The van der Waals surface area contributed by atoms with E-state index in [0.717, 1.165) is 10.9 Å². The molecule has 0 bridgehead atoms. The van der Waals surface area contributed by atoms with Gasteiger partial charge in [0.2, 0.25) is 0 Å². The molecule has 1 unspecified atom stereocenters. The molecule has 1 atom stereocenters. The molecule has 220 valence electrons. The fourth-order valence-electron chi connectivity index (χ4n) is 4.60. The van der Waals surface area contributed by atoms with Gasteiger partial charge in [-0.2, -0.15) is 23.3 Å². The quantitative estimate of drug-likeness (QED) is 0.426. The van der Waals surface area contributed by atoms with Crippen LogP contribution in [0.15, 0.2) is 24.7 Å². The summed E-state index contributed by atoms with van der Waals surface area (Å²) in [5.74, 6) is -3.67. The molecule has 3 aromatic heterocycles. The van der Waals surface area contributed by atoms with Crippen LogP contribution in [0.3, 0.4) is 0 Å². The van der Waals surface area contributed by atoms with Crippen molar-refractivity contribution in [3.63, 3.8) is 0 Å². The number of nitrogens with zero attached hydrogens (tertiary/aromatic N) is 6. The van der Waals surface area contributed by atoms with E-state index in [9.17, 15) is 31.2 Å². The minimum Gasteiger partial charge on any atom is -0.381 e. The normalized spacial score (nSPS) is 17.4. The van der Waals surface area contributed by atoms with E-state index in [1.54, 1.807) is 22.3 Å². The lowest BCUT2D eigenvalue weighted by molar-refractivity contribution is -0.200. The van der Waals surface area contributed by atoms with Gasteiger partial charge in [-0.05, 0) is 19.1 Å². The number of fused-ring (bicyclic) bond motifs is 2. The van der Waals surface area contributed by atoms with Crippen LogP contribution in [0.2, 0.25) is 10.2 Å². The first kappa shape index (κ1) is 28.8. The van der Waals surface area contributed by atoms with E-state index in [0.29, 0.717) is 22.0 Å². The standard InChI is InChI=1S/C22H21Cl2F3N8O5S/c1-11(12-9-13(23)15-16(24)29-10-33(15)19(12)32-5-7-41(38,39)8-6-32)30-18(36)14-17(28)31-34-3-2-4-35(20(14)34)40-21(37)22(25,26)27/h2,4,9-11H,3,5-8H2,1H3,(H2,28,31)(H,30,36). The Morgan fingerprint density at radius 2 is 1.88 bits per heavy atom. The van der Waals surface area contributed by atoms with E-state index >= 15 is 0 Å². The van der Waals surface area contributed by atoms with Gasteiger partial charge < -0.3 is 20.8 Å². The summed E-state index contributed by atoms with van der Waals surface area (Å²) in [5.41, 5.74) is 6.47. The molecule has 3 N–H and O–H groups in total. The van der Waals surface area contributed by atoms with Gasteiger partial charge in [0.05, 0.1) is 29.1 Å². The zero-order valence-electron chi connectivity index (χ0n) is 21.0. The lowest BCUT2D eigenvalue weighted by Gasteiger charge is -2.32. The summed E-state index contributed by atoms with van der Waals surface area (Å²) in [6, 6.07) is 0.740. The number of imidazole rings is 1. The van der Waals surface area contributed by atoms with Crippen LogP contribution >= 0.6 is 23.2 Å². The molecule has 0 saturated carbocycles. The number of amides is 1. The van der Waals surface area contributed by atoms with Crippen LogP contribution in [0.25, 0.3) is 5.52 Å². The zero-order chi connectivity index (χ0) is 29.9. The van der Waals surface area contributed by atoms with Gasteiger partial charge in [0.25, 0.3) is 5.91 Å². The summed E-state index contributed by atoms with van der Waals surface area (Å²) < 4.78 is 65.5. The van der Waals surface area contributed by atoms with Crippen molar-refractivity contribution in [2.45, 2.75) is 25.7 Å². The van der Waals surface area contributed by atoms with E-state index in [1.165, 1.54) is 12.4 Å². The number of carbonyl (C=O) groups is 2. The van der Waals surface area contributed by atoms with Gasteiger partial charge in [-0.25, -0.2) is 22.9 Å². The fourth-order valence-corrected chi connectivity index (χ4v) is 6.39. The number of sulfone groups is 1. The molecule has 1 fully saturated rings. The van der Waals surface area contributed by atoms with Gasteiger partial charge in [-0.1, -0.05) is 23.2 Å². The minimum atomic E-state index is -5.29. The highest BCUT2D eigenvalue weighted by atomic mass is 35.5. The van der Waals surface area contributed by atoms with Crippen molar-refractivity contribution in [3.8, 4) is 0 Å². The lowest BCUT2D eigenvalue weighted by Crippen LogP contribution is -2.42. The second-order valence-electron chi connectivity index (χ2n) is 9.21. The minimum absolute atomic E-state index is 0.0398. The molecule has 1 saturated heterocycles. The molecule has 0 aliphatic carbocycles. The molecular formula is C22H21Cl2F3N8O5S. The number of alkyl halides is 3. The Hall–Kier alpha value is -3.70. The SMILES string of the molecule is CC(NC(=O)c1c(N)nn2c1N(OC(=O)C(F)(F)F)C=CC2)c1cc(Cl)c2c(Cl)ncn2c1N1CCS(=O)(=O)CC1. The molecule has 3 aromatic rings. The summed E-state index contributed by atoms with van der Waals surface area (Å²) in [4.78, 5) is 35.4. The first-order chi connectivity index (χ1) is 19.2. The summed E-state index contributed by atoms with van der Waals surface area (Å²) in [6.07, 6.45) is -1.48. The van der Waals surface area contributed by atoms with Crippen LogP contribution in [0.4, 0.5) is 30.6 Å². The molecule has 5 rings (SSSR count). The van der Waals surface area contributed by atoms with E-state index < -0.39 is 33.9 Å². The largest absolute Gasteiger partial charge is 0.493 e. The molecule has 0 radical (unpaired) electrons. The Balaban J connectivity index is 1.50. The third-order valence-corrected chi connectivity index (χ3v) is 8.67. The molecule has 2 aliphatic heterocycles. The molecule has 19 heteroatoms. The summed E-state index contributed by atoms with van der Waals surface area (Å²) in [6.45, 7) is 1.96. The van der Waals surface area contributed by atoms with Crippen molar-refractivity contribution in [2.75, 3.05) is 40.3 Å². The number of rotatable bonds is 5. The van der Waals surface area contributed by atoms with Crippen LogP contribution in [0, 0.1) is 0 Å². The predicted octanol–water partition coefficient (Wildman–Crippen LogP) is 2.50. The summed E-state index contributed by atoms with van der Waals surface area (Å²) in [7, 11) is -3.23. The van der Waals surface area contributed by atoms with Crippen molar-refractivity contribution in [1.29, 1.82) is 0 Å². The smallest absolute Gasteiger partial charge is 0.381 e. The van der Waals surface area contributed by atoms with Crippen molar-refractivity contribution < 1.29 is 36.0 Å². The molecule has 41 heavy (non-hydrogen) atoms. The van der Waals surface area contributed by atoms with Crippen molar-refractivity contribution >= 4 is 67.9 Å². The number of anilines is 3. The molecule has 0 spiro atoms. The Kier molecular flexibility index (Phi) is 7.23. The van der Waals surface area contributed by atoms with E-state index in [2.05, 4.69) is 20.2 Å². The number of nitrogen functional groups attached to an aromatic ring is 1. The molecule has 2 aliphatic rings. The highest BCUT2D eigenvalue weighted by Gasteiger charge is 2.44. The molecule has 5 heterocycles. The van der Waals surface area contributed by atoms with Gasteiger partial charge >= 0.3 is 12.1 Å². The number of carbonyl (C=O) groups excluding carboxylic acids is 2. The number of nitrogens with two attached hydrogens (primary N) is 1. The number of allylic oxidation sites excluding steroid dienone is 1. The van der Waals surface area contributed by atoms with Gasteiger partial charge in [-0.3, -0.25) is 9.20 Å². The Bertz CT molecular complexity index is 1690. The zero-order valence-corrected chi connectivity index (χ0v) is 23.4. The first-order valence-corrected chi connectivity index (χ1v) is 14.5. The molecular weight excluding hydrogens is 616 g/mol. The average Bonchev–Trinajstić information content (AvgIpc) is 3.44. The number of nitrogens with one attached hydrogen (secondary N) is 1. The second-order valence-corrected chi connectivity index (χ2v) is 12.3. The van der Waals surface area contributed by atoms with Crippen LogP contribution in [0.1, 0.15) is 28.9 Å². The molecule has 13 nitrogen and oxygen atoms in total. The van der Waals surface area contributed by atoms with Crippen LogP contribution in [-0.4, -0.2) is 70.2 Å². The van der Waals surface area contributed by atoms with Crippen molar-refractivity contribution in [2.24, 2.45) is 0 Å². The maximum atomic E-state index is 13.5. The molecule has 0 aromatic carbocycles. The Labute approximate surface area is 240 Å². The van der Waals surface area contributed by atoms with Crippen LogP contribution in [-0.2, 0) is 26.0 Å². The number of hydrogen-bond acceptors (Lipinski definition) is 10. The average molecular weight is 637 g/mol. The van der Waals surface area contributed by atoms with E-state index in [-0.39, 0.29) is 58.5 Å². The lowest BCUT2D eigenvalue weighted by atomic mass is 10.1. The van der Waals surface area contributed by atoms with E-state index in [4.69, 9.17) is 28.9 Å². The predicted molar refractivity (Wildman–Crippen MR) is 142 cm³/mol. The second kappa shape index (κ2) is 10.3. The fraction of sp³-hybridized carbons (Fsp3) is 0.364. The number of halogens is 5. The van der Waals surface area contributed by atoms with Gasteiger partial charge in [0.1, 0.15) is 23.2 Å². The van der Waals surface area contributed by atoms with Crippen LogP contribution in [0.5, 0.6) is 0 Å². The maximum Gasteiger partial charge on any atom is 0.493 e. The highest BCUT2D eigenvalue weighted by Crippen LogP contribution is 2.37. The van der Waals surface area contributed by atoms with Crippen molar-refractivity contribution in [3.05, 3.63) is 46.0 Å². The highest BCUT2D eigenvalue weighted by molar-refractivity contribution is 7.91. The van der Waals surface area contributed by atoms with Gasteiger partial charge in [-0.15, -0.1) is 0 Å². The maximum absolute atomic E-state index is 13.5. The Morgan fingerprint density at radius 3 is 2.54 bits per heavy atom. The third kappa shape index (κ3) is 5.36. The van der Waals surface area contributed by atoms with Gasteiger partial charge in [0, 0.05) is 24.9 Å².